The van der Waals surface area contributed by atoms with E-state index in [1.54, 1.807) is 0 Å². The molecule has 0 bridgehead atoms. The van der Waals surface area contributed by atoms with Crippen molar-refractivity contribution in [2.75, 3.05) is 9.80 Å². The van der Waals surface area contributed by atoms with Gasteiger partial charge in [-0.25, -0.2) is 0 Å². The molecule has 0 N–H and O–H groups in total. The van der Waals surface area contributed by atoms with Crippen LogP contribution in [0.5, 0.6) is 0 Å². The third kappa shape index (κ3) is 5.67. The Hall–Kier alpha value is -7.36. The average molecular weight is 725 g/mol. The molecule has 0 amide bonds. The van der Waals surface area contributed by atoms with Crippen molar-refractivity contribution in [2.24, 2.45) is 0 Å². The van der Waals surface area contributed by atoms with Crippen molar-refractivity contribution in [1.82, 2.24) is 0 Å². The maximum absolute atomic E-state index is 2.51. The highest BCUT2D eigenvalue weighted by atomic mass is 15.2. The van der Waals surface area contributed by atoms with Crippen molar-refractivity contribution in [3.63, 3.8) is 0 Å². The van der Waals surface area contributed by atoms with Crippen LogP contribution in [0.1, 0.15) is 0 Å². The van der Waals surface area contributed by atoms with Crippen LogP contribution in [0.25, 0.3) is 44.5 Å². The summed E-state index contributed by atoms with van der Waals surface area (Å²) in [7, 11) is 0. The molecule has 0 aliphatic carbocycles. The van der Waals surface area contributed by atoms with Crippen molar-refractivity contribution in [1.29, 1.82) is 0 Å². The van der Waals surface area contributed by atoms with Gasteiger partial charge in [0, 0.05) is 34.1 Å². The number of anilines is 6. The Morgan fingerprint density at radius 3 is 1.02 bits per heavy atom. The van der Waals surface area contributed by atoms with E-state index in [9.17, 15) is 0 Å². The number of para-hydroxylation sites is 1. The fourth-order valence-corrected chi connectivity index (χ4v) is 8.99. The Morgan fingerprint density at radius 1 is 0.246 bits per heavy atom. The van der Waals surface area contributed by atoms with E-state index in [0.29, 0.717) is 0 Å². The van der Waals surface area contributed by atoms with Gasteiger partial charge < -0.3 is 9.80 Å². The first kappa shape index (κ1) is 33.0. The van der Waals surface area contributed by atoms with Crippen molar-refractivity contribution in [3.8, 4) is 44.5 Å². The molecule has 0 saturated carbocycles. The minimum Gasteiger partial charge on any atom is -0.311 e. The average Bonchev–Trinajstić information content (AvgIpc) is 3.30. The molecule has 266 valence electrons. The largest absolute Gasteiger partial charge is 0.311 e. The van der Waals surface area contributed by atoms with Crippen LogP contribution in [0.2, 0.25) is 0 Å². The number of benzene rings is 9. The zero-order valence-electron chi connectivity index (χ0n) is 31.3. The van der Waals surface area contributed by atoms with Gasteiger partial charge in [-0.3, -0.25) is 0 Å². The summed E-state index contributed by atoms with van der Waals surface area (Å²) in [6, 6.07) is 82.1. The monoisotopic (exact) mass is 724 g/mol. The highest BCUT2D eigenvalue weighted by Gasteiger charge is 2.44. The lowest BCUT2D eigenvalue weighted by Crippen LogP contribution is -2.61. The highest BCUT2D eigenvalue weighted by molar-refractivity contribution is 7.00. The van der Waals surface area contributed by atoms with Gasteiger partial charge in [-0.2, -0.15) is 0 Å². The van der Waals surface area contributed by atoms with E-state index in [2.05, 4.69) is 234 Å². The van der Waals surface area contributed by atoms with Gasteiger partial charge in [0.15, 0.2) is 0 Å². The van der Waals surface area contributed by atoms with Crippen LogP contribution >= 0.6 is 0 Å². The molecule has 3 heteroatoms. The van der Waals surface area contributed by atoms with Crippen molar-refractivity contribution in [3.05, 3.63) is 224 Å². The predicted octanol–water partition coefficient (Wildman–Crippen LogP) is 12.4. The third-order valence-electron chi connectivity index (χ3n) is 11.6. The standard InChI is InChI=1S/C54H37BN2/c1-6-16-38(17-7-1)42-26-30-47(31-27-42)57-51-33-29-44(40-20-10-3-11-21-40)35-49(51)55-48-34-43(39-18-8-2-9-19-39)28-32-50(48)56(46-24-14-5-15-25-46)52-36-45(37-53(57)54(52)55)41-22-12-4-13-23-41/h1-37H. The molecule has 2 nitrogen and oxygen atoms in total. The van der Waals surface area contributed by atoms with Crippen LogP contribution in [0.4, 0.5) is 34.1 Å². The summed E-state index contributed by atoms with van der Waals surface area (Å²) in [6.45, 7) is -0.0167. The van der Waals surface area contributed by atoms with Crippen LogP contribution in [0, 0.1) is 0 Å². The third-order valence-corrected chi connectivity index (χ3v) is 11.6. The molecule has 0 spiro atoms. The quantitative estimate of drug-likeness (QED) is 0.158. The Bertz CT molecular complexity index is 2880. The Kier molecular flexibility index (Phi) is 7.96. The van der Waals surface area contributed by atoms with Crippen molar-refractivity contribution >= 4 is 57.2 Å². The van der Waals surface area contributed by atoms with E-state index in [1.165, 1.54) is 83.6 Å². The maximum Gasteiger partial charge on any atom is 0.252 e. The van der Waals surface area contributed by atoms with Gasteiger partial charge in [0.2, 0.25) is 0 Å². The van der Waals surface area contributed by atoms with E-state index in [1.807, 2.05) is 0 Å². The molecule has 0 unspecified atom stereocenters. The molecule has 0 radical (unpaired) electrons. The smallest absolute Gasteiger partial charge is 0.252 e. The summed E-state index contributed by atoms with van der Waals surface area (Å²) in [5.41, 5.74) is 20.6. The second-order valence-electron chi connectivity index (χ2n) is 14.9. The normalized spacial score (nSPS) is 12.5. The molecule has 2 aliphatic heterocycles. The van der Waals surface area contributed by atoms with Crippen LogP contribution in [0.15, 0.2) is 224 Å². The van der Waals surface area contributed by atoms with Gasteiger partial charge in [0.25, 0.3) is 6.71 Å². The summed E-state index contributed by atoms with van der Waals surface area (Å²) in [6.07, 6.45) is 0. The van der Waals surface area contributed by atoms with Crippen LogP contribution in [0.3, 0.4) is 0 Å². The molecule has 0 fully saturated rings. The molecule has 9 aromatic rings. The number of hydrogen-bond acceptors (Lipinski definition) is 2. The first-order chi connectivity index (χ1) is 28.3. The van der Waals surface area contributed by atoms with E-state index in [-0.39, 0.29) is 6.71 Å². The van der Waals surface area contributed by atoms with Crippen LogP contribution in [-0.2, 0) is 0 Å². The van der Waals surface area contributed by atoms with Gasteiger partial charge >= 0.3 is 0 Å². The summed E-state index contributed by atoms with van der Waals surface area (Å²) < 4.78 is 0. The Balaban J connectivity index is 1.23. The first-order valence-corrected chi connectivity index (χ1v) is 19.7. The molecule has 11 rings (SSSR count). The van der Waals surface area contributed by atoms with E-state index in [4.69, 9.17) is 0 Å². The molecule has 2 heterocycles. The van der Waals surface area contributed by atoms with Gasteiger partial charge in [-0.1, -0.05) is 176 Å². The first-order valence-electron chi connectivity index (χ1n) is 19.7. The molecular formula is C54H37BN2. The zero-order chi connectivity index (χ0) is 37.7. The SMILES string of the molecule is c1ccc(-c2ccc(N3c4ccc(-c5ccccc5)cc4B4c5cc(-c6ccccc6)ccc5N(c5ccccc5)c5cc(-c6ccccc6)cc3c54)cc2)cc1. The lowest BCUT2D eigenvalue weighted by Gasteiger charge is -2.44. The number of nitrogens with zero attached hydrogens (tertiary/aromatic N) is 2. The number of hydrogen-bond donors (Lipinski definition) is 0. The Morgan fingerprint density at radius 2 is 0.579 bits per heavy atom. The summed E-state index contributed by atoms with van der Waals surface area (Å²) in [5.74, 6) is 0. The summed E-state index contributed by atoms with van der Waals surface area (Å²) >= 11 is 0. The summed E-state index contributed by atoms with van der Waals surface area (Å²) in [5, 5.41) is 0. The molecule has 0 atom stereocenters. The maximum atomic E-state index is 2.51. The van der Waals surface area contributed by atoms with Crippen LogP contribution in [-0.4, -0.2) is 6.71 Å². The van der Waals surface area contributed by atoms with Gasteiger partial charge in [-0.05, 0) is 109 Å². The van der Waals surface area contributed by atoms with Gasteiger partial charge in [0.1, 0.15) is 0 Å². The lowest BCUT2D eigenvalue weighted by molar-refractivity contribution is 1.25. The molecule has 0 aromatic heterocycles. The lowest BCUT2D eigenvalue weighted by atomic mass is 9.33. The molecule has 2 aliphatic rings. The van der Waals surface area contributed by atoms with E-state index >= 15 is 0 Å². The van der Waals surface area contributed by atoms with Crippen molar-refractivity contribution in [2.45, 2.75) is 0 Å². The zero-order valence-corrected chi connectivity index (χ0v) is 31.3. The second kappa shape index (κ2) is 13.7. The van der Waals surface area contributed by atoms with Gasteiger partial charge in [0.05, 0.1) is 0 Å². The fourth-order valence-electron chi connectivity index (χ4n) is 8.99. The summed E-state index contributed by atoms with van der Waals surface area (Å²) in [4.78, 5) is 5.00. The highest BCUT2D eigenvalue weighted by Crippen LogP contribution is 2.47. The van der Waals surface area contributed by atoms with Gasteiger partial charge in [-0.15, -0.1) is 0 Å². The van der Waals surface area contributed by atoms with Crippen molar-refractivity contribution < 1.29 is 0 Å². The number of rotatable bonds is 6. The second-order valence-corrected chi connectivity index (χ2v) is 14.9. The topological polar surface area (TPSA) is 6.48 Å². The molecular weight excluding hydrogens is 687 g/mol. The fraction of sp³-hybridized carbons (Fsp3) is 0. The predicted molar refractivity (Wildman–Crippen MR) is 242 cm³/mol. The van der Waals surface area contributed by atoms with Crippen LogP contribution < -0.4 is 26.2 Å². The molecule has 0 saturated heterocycles. The Labute approximate surface area is 334 Å². The number of fused-ring (bicyclic) bond motifs is 4. The minimum absolute atomic E-state index is 0.0167. The molecule has 57 heavy (non-hydrogen) atoms. The van der Waals surface area contributed by atoms with E-state index < -0.39 is 0 Å². The van der Waals surface area contributed by atoms with E-state index in [0.717, 1.165) is 11.4 Å². The molecule has 9 aromatic carbocycles. The minimum atomic E-state index is -0.0167.